The monoisotopic (exact) mass is 379 g/mol. The van der Waals surface area contributed by atoms with Crippen molar-refractivity contribution >= 4 is 28.1 Å². The molecule has 0 aliphatic rings. The summed E-state index contributed by atoms with van der Waals surface area (Å²) in [6.07, 6.45) is 0.270. The van der Waals surface area contributed by atoms with Crippen molar-refractivity contribution in [1.82, 2.24) is 5.32 Å². The van der Waals surface area contributed by atoms with Gasteiger partial charge in [-0.3, -0.25) is 14.9 Å². The number of hydrogen-bond acceptors (Lipinski definition) is 4. The van der Waals surface area contributed by atoms with Crippen LogP contribution in [0.25, 0.3) is 10.8 Å². The van der Waals surface area contributed by atoms with E-state index in [1.807, 2.05) is 36.4 Å². The van der Waals surface area contributed by atoms with Gasteiger partial charge in [-0.15, -0.1) is 0 Å². The molecular formula is C21H18FN3O3. The molecule has 0 aliphatic carbocycles. The van der Waals surface area contributed by atoms with Crippen LogP contribution in [0.3, 0.4) is 0 Å². The summed E-state index contributed by atoms with van der Waals surface area (Å²) in [4.78, 5) is 22.8. The van der Waals surface area contributed by atoms with Crippen molar-refractivity contribution in [2.75, 3.05) is 6.54 Å². The summed E-state index contributed by atoms with van der Waals surface area (Å²) in [5.74, 6) is -0.929. The number of carbonyl (C=O) groups excluding carboxylic acids is 1. The number of halogens is 1. The molecule has 0 saturated heterocycles. The van der Waals surface area contributed by atoms with Gasteiger partial charge < -0.3 is 10.7 Å². The Morgan fingerprint density at radius 3 is 2.64 bits per heavy atom. The molecule has 0 spiro atoms. The van der Waals surface area contributed by atoms with Crippen LogP contribution >= 0.6 is 0 Å². The van der Waals surface area contributed by atoms with Crippen LogP contribution < -0.4 is 5.32 Å². The molecule has 0 bridgehead atoms. The third-order valence-corrected chi connectivity index (χ3v) is 4.39. The lowest BCUT2D eigenvalue weighted by molar-refractivity contribution is -0.385. The Kier molecular flexibility index (Phi) is 5.74. The van der Waals surface area contributed by atoms with Crippen LogP contribution in [0.4, 0.5) is 10.1 Å². The highest BCUT2D eigenvalue weighted by atomic mass is 19.1. The second-order valence-electron chi connectivity index (χ2n) is 6.34. The zero-order valence-electron chi connectivity index (χ0n) is 14.9. The van der Waals surface area contributed by atoms with Gasteiger partial charge in [0, 0.05) is 36.2 Å². The first kappa shape index (κ1) is 19.2. The number of hydrogen-bond donors (Lipinski definition) is 2. The number of fused-ring (bicyclic) bond motifs is 1. The van der Waals surface area contributed by atoms with Gasteiger partial charge in [0.2, 0.25) is 0 Å². The van der Waals surface area contributed by atoms with Crippen molar-refractivity contribution in [2.24, 2.45) is 0 Å². The quantitative estimate of drug-likeness (QED) is 0.364. The van der Waals surface area contributed by atoms with E-state index in [1.54, 1.807) is 6.07 Å². The van der Waals surface area contributed by atoms with Crippen molar-refractivity contribution in [3.63, 3.8) is 0 Å². The molecule has 6 nitrogen and oxygen atoms in total. The van der Waals surface area contributed by atoms with E-state index in [4.69, 9.17) is 5.41 Å². The van der Waals surface area contributed by atoms with Gasteiger partial charge in [-0.25, -0.2) is 4.39 Å². The van der Waals surface area contributed by atoms with E-state index in [2.05, 4.69) is 5.32 Å². The van der Waals surface area contributed by atoms with Crippen molar-refractivity contribution in [3.05, 3.63) is 87.7 Å². The minimum absolute atomic E-state index is 0.0285. The van der Waals surface area contributed by atoms with Gasteiger partial charge in [0.25, 0.3) is 11.6 Å². The number of nitro groups is 1. The average Bonchev–Trinajstić information content (AvgIpc) is 2.68. The molecule has 142 valence electrons. The van der Waals surface area contributed by atoms with Crippen molar-refractivity contribution in [1.29, 1.82) is 5.41 Å². The summed E-state index contributed by atoms with van der Waals surface area (Å²) in [6, 6.07) is 16.4. The van der Waals surface area contributed by atoms with Crippen LogP contribution in [-0.4, -0.2) is 23.1 Å². The summed E-state index contributed by atoms with van der Waals surface area (Å²) in [5, 5.41) is 23.7. The first-order valence-corrected chi connectivity index (χ1v) is 8.71. The van der Waals surface area contributed by atoms with E-state index in [0.717, 1.165) is 22.9 Å². The van der Waals surface area contributed by atoms with Gasteiger partial charge in [0.1, 0.15) is 5.82 Å². The molecule has 0 fully saturated rings. The lowest BCUT2D eigenvalue weighted by Crippen LogP contribution is -2.26. The van der Waals surface area contributed by atoms with E-state index in [9.17, 15) is 19.3 Å². The van der Waals surface area contributed by atoms with Crippen LogP contribution in [0.5, 0.6) is 0 Å². The van der Waals surface area contributed by atoms with Crippen molar-refractivity contribution in [2.45, 2.75) is 12.8 Å². The van der Waals surface area contributed by atoms with Crippen LogP contribution in [0.1, 0.15) is 22.3 Å². The third kappa shape index (κ3) is 4.37. The standard InChI is InChI=1S/C21H18FN3O3/c22-16-9-8-15(20(13-16)25(27)28)12-17(23)10-11-24-21(26)19-7-3-5-14-4-1-2-6-18(14)19/h1-9,13,23H,10-12H2,(H,24,26). The summed E-state index contributed by atoms with van der Waals surface area (Å²) in [6.45, 7) is 0.232. The molecule has 0 heterocycles. The van der Waals surface area contributed by atoms with Gasteiger partial charge in [-0.05, 0) is 29.0 Å². The molecule has 3 rings (SSSR count). The van der Waals surface area contributed by atoms with Gasteiger partial charge in [0.15, 0.2) is 0 Å². The number of carbonyl (C=O) groups is 1. The third-order valence-electron chi connectivity index (χ3n) is 4.39. The summed E-state index contributed by atoms with van der Waals surface area (Å²) < 4.78 is 13.2. The predicted octanol–water partition coefficient (Wildman–Crippen LogP) is 4.27. The molecule has 0 atom stereocenters. The van der Waals surface area contributed by atoms with E-state index in [-0.39, 0.29) is 42.3 Å². The van der Waals surface area contributed by atoms with Crippen molar-refractivity contribution < 1.29 is 14.1 Å². The Morgan fingerprint density at radius 1 is 1.11 bits per heavy atom. The highest BCUT2D eigenvalue weighted by Crippen LogP contribution is 2.21. The van der Waals surface area contributed by atoms with Crippen LogP contribution in [-0.2, 0) is 6.42 Å². The topological polar surface area (TPSA) is 96.1 Å². The Morgan fingerprint density at radius 2 is 1.86 bits per heavy atom. The smallest absolute Gasteiger partial charge is 0.275 e. The second-order valence-corrected chi connectivity index (χ2v) is 6.34. The number of nitrogens with one attached hydrogen (secondary N) is 2. The SMILES string of the molecule is N=C(CCNC(=O)c1cccc2ccccc12)Cc1ccc(F)cc1[N+](=O)[O-]. The van der Waals surface area contributed by atoms with Gasteiger partial charge in [-0.2, -0.15) is 0 Å². The Hall–Kier alpha value is -3.61. The minimum Gasteiger partial charge on any atom is -0.352 e. The molecule has 3 aromatic rings. The maximum absolute atomic E-state index is 13.2. The van der Waals surface area contributed by atoms with E-state index < -0.39 is 10.7 Å². The Labute approximate surface area is 160 Å². The number of nitro benzene ring substituents is 1. The maximum Gasteiger partial charge on any atom is 0.275 e. The zero-order chi connectivity index (χ0) is 20.1. The highest BCUT2D eigenvalue weighted by molar-refractivity contribution is 6.07. The summed E-state index contributed by atoms with van der Waals surface area (Å²) in [5.41, 5.74) is 0.702. The molecule has 0 unspecified atom stereocenters. The van der Waals surface area contributed by atoms with Gasteiger partial charge in [0.05, 0.1) is 11.0 Å². The molecule has 0 aromatic heterocycles. The fourth-order valence-electron chi connectivity index (χ4n) is 3.02. The number of amides is 1. The number of rotatable bonds is 7. The van der Waals surface area contributed by atoms with E-state index in [1.165, 1.54) is 6.07 Å². The molecule has 2 N–H and O–H groups in total. The van der Waals surface area contributed by atoms with E-state index in [0.29, 0.717) is 5.56 Å². The van der Waals surface area contributed by atoms with Gasteiger partial charge in [-0.1, -0.05) is 36.4 Å². The Bertz CT molecular complexity index is 1060. The van der Waals surface area contributed by atoms with E-state index >= 15 is 0 Å². The van der Waals surface area contributed by atoms with Gasteiger partial charge >= 0.3 is 0 Å². The predicted molar refractivity (Wildman–Crippen MR) is 105 cm³/mol. The van der Waals surface area contributed by atoms with Crippen LogP contribution in [0.15, 0.2) is 60.7 Å². The fraction of sp³-hybridized carbons (Fsp3) is 0.143. The molecule has 0 aliphatic heterocycles. The highest BCUT2D eigenvalue weighted by Gasteiger charge is 2.16. The maximum atomic E-state index is 13.2. The normalized spacial score (nSPS) is 10.6. The molecule has 7 heteroatoms. The Balaban J connectivity index is 1.60. The van der Waals surface area contributed by atoms with Crippen molar-refractivity contribution in [3.8, 4) is 0 Å². The fourth-order valence-corrected chi connectivity index (χ4v) is 3.02. The van der Waals surface area contributed by atoms with Crippen LogP contribution in [0.2, 0.25) is 0 Å². The molecule has 0 radical (unpaired) electrons. The summed E-state index contributed by atoms with van der Waals surface area (Å²) >= 11 is 0. The first-order chi connectivity index (χ1) is 13.5. The molecule has 3 aromatic carbocycles. The zero-order valence-corrected chi connectivity index (χ0v) is 14.9. The first-order valence-electron chi connectivity index (χ1n) is 8.71. The second kappa shape index (κ2) is 8.39. The summed E-state index contributed by atoms with van der Waals surface area (Å²) in [7, 11) is 0. The molecular weight excluding hydrogens is 361 g/mol. The number of nitrogens with zero attached hydrogens (tertiary/aromatic N) is 1. The number of benzene rings is 3. The lowest BCUT2D eigenvalue weighted by Gasteiger charge is -2.09. The average molecular weight is 379 g/mol. The minimum atomic E-state index is -0.690. The lowest BCUT2D eigenvalue weighted by atomic mass is 10.0. The molecule has 0 saturated carbocycles. The molecule has 28 heavy (non-hydrogen) atoms. The molecule has 1 amide bonds. The van der Waals surface area contributed by atoms with Crippen LogP contribution in [0, 0.1) is 21.3 Å². The largest absolute Gasteiger partial charge is 0.352 e.